The number of rotatable bonds is 9. The van der Waals surface area contributed by atoms with Gasteiger partial charge in [0.2, 0.25) is 10.0 Å². The van der Waals surface area contributed by atoms with E-state index in [-0.39, 0.29) is 23.0 Å². The predicted molar refractivity (Wildman–Crippen MR) is 114 cm³/mol. The van der Waals surface area contributed by atoms with Gasteiger partial charge in [0.15, 0.2) is 0 Å². The Morgan fingerprint density at radius 1 is 1.00 bits per heavy atom. The monoisotopic (exact) mass is 436 g/mol. The first-order valence-corrected chi connectivity index (χ1v) is 10.7. The quantitative estimate of drug-likeness (QED) is 0.650. The van der Waals surface area contributed by atoms with Gasteiger partial charge in [-0.05, 0) is 38.1 Å². The fraction of sp³-hybridized carbons (Fsp3) is 0.381. The van der Waals surface area contributed by atoms with Gasteiger partial charge in [0.25, 0.3) is 5.91 Å². The average molecular weight is 437 g/mol. The molecule has 0 saturated carbocycles. The number of methoxy groups -OCH3 is 3. The average Bonchev–Trinajstić information content (AvgIpc) is 2.72. The largest absolute Gasteiger partial charge is 0.497 e. The van der Waals surface area contributed by atoms with Crippen LogP contribution in [0.5, 0.6) is 17.2 Å². The molecule has 9 heteroatoms. The lowest BCUT2D eigenvalue weighted by atomic mass is 10.2. The summed E-state index contributed by atoms with van der Waals surface area (Å²) >= 11 is 0. The molecule has 0 aliphatic carbocycles. The molecule has 0 aromatic heterocycles. The van der Waals surface area contributed by atoms with Crippen LogP contribution >= 0.6 is 0 Å². The van der Waals surface area contributed by atoms with Crippen LogP contribution in [0.3, 0.4) is 0 Å². The lowest BCUT2D eigenvalue weighted by molar-refractivity contribution is 0.0940. The standard InChI is InChI=1S/C21H28N2O6S/c1-14(2)22-21(24)18-12-17(9-10-19(18)28-5)30(25,26)23(3)13-15-7-8-16(27-4)11-20(15)29-6/h7-12,14H,13H2,1-6H3,(H,22,24). The molecule has 0 unspecified atom stereocenters. The third-order valence-electron chi connectivity index (χ3n) is 4.43. The number of hydrogen-bond donors (Lipinski definition) is 1. The molecule has 1 N–H and O–H groups in total. The number of nitrogens with zero attached hydrogens (tertiary/aromatic N) is 1. The summed E-state index contributed by atoms with van der Waals surface area (Å²) in [6, 6.07) is 9.30. The fourth-order valence-electron chi connectivity index (χ4n) is 2.85. The summed E-state index contributed by atoms with van der Waals surface area (Å²) in [5.41, 5.74) is 0.832. The van der Waals surface area contributed by atoms with Gasteiger partial charge in [-0.2, -0.15) is 4.31 Å². The molecule has 0 aliphatic rings. The molecular weight excluding hydrogens is 408 g/mol. The highest BCUT2D eigenvalue weighted by Crippen LogP contribution is 2.28. The minimum absolute atomic E-state index is 0.00724. The Hall–Kier alpha value is -2.78. The first kappa shape index (κ1) is 23.5. The molecule has 0 bridgehead atoms. The summed E-state index contributed by atoms with van der Waals surface area (Å²) < 4.78 is 43.2. The summed E-state index contributed by atoms with van der Waals surface area (Å²) in [6.07, 6.45) is 0. The Morgan fingerprint density at radius 3 is 2.23 bits per heavy atom. The maximum atomic E-state index is 13.1. The lowest BCUT2D eigenvalue weighted by Gasteiger charge is -2.20. The zero-order valence-electron chi connectivity index (χ0n) is 18.1. The van der Waals surface area contributed by atoms with E-state index < -0.39 is 15.9 Å². The normalized spacial score (nSPS) is 11.5. The van der Waals surface area contributed by atoms with E-state index in [0.717, 1.165) is 0 Å². The second-order valence-corrected chi connectivity index (χ2v) is 8.97. The first-order valence-electron chi connectivity index (χ1n) is 9.30. The van der Waals surface area contributed by atoms with Crippen molar-refractivity contribution in [3.63, 3.8) is 0 Å². The molecule has 1 amide bonds. The van der Waals surface area contributed by atoms with E-state index >= 15 is 0 Å². The summed E-state index contributed by atoms with van der Waals surface area (Å²) in [4.78, 5) is 12.5. The molecule has 164 valence electrons. The number of amides is 1. The third-order valence-corrected chi connectivity index (χ3v) is 6.23. The van der Waals surface area contributed by atoms with Crippen molar-refractivity contribution < 1.29 is 27.4 Å². The molecule has 8 nitrogen and oxygen atoms in total. The highest BCUT2D eigenvalue weighted by atomic mass is 32.2. The van der Waals surface area contributed by atoms with Crippen molar-refractivity contribution in [3.05, 3.63) is 47.5 Å². The van der Waals surface area contributed by atoms with Crippen LogP contribution < -0.4 is 19.5 Å². The minimum Gasteiger partial charge on any atom is -0.497 e. The van der Waals surface area contributed by atoms with Gasteiger partial charge in [0.1, 0.15) is 17.2 Å². The van der Waals surface area contributed by atoms with Crippen molar-refractivity contribution in [2.75, 3.05) is 28.4 Å². The Kier molecular flexibility index (Phi) is 7.69. The van der Waals surface area contributed by atoms with Crippen LogP contribution in [0.25, 0.3) is 0 Å². The molecule has 2 aromatic rings. The molecule has 0 heterocycles. The van der Waals surface area contributed by atoms with Crippen LogP contribution in [0.4, 0.5) is 0 Å². The zero-order chi connectivity index (χ0) is 22.5. The van der Waals surface area contributed by atoms with Crippen molar-refractivity contribution >= 4 is 15.9 Å². The van der Waals surface area contributed by atoms with E-state index in [9.17, 15) is 13.2 Å². The van der Waals surface area contributed by atoms with Crippen LogP contribution in [0.2, 0.25) is 0 Å². The second kappa shape index (κ2) is 9.82. The van der Waals surface area contributed by atoms with E-state index in [0.29, 0.717) is 22.8 Å². The van der Waals surface area contributed by atoms with Gasteiger partial charge in [-0.3, -0.25) is 4.79 Å². The molecule has 0 spiro atoms. The number of benzene rings is 2. The Bertz CT molecular complexity index is 1000. The topological polar surface area (TPSA) is 94.2 Å². The predicted octanol–water partition coefficient (Wildman–Crippen LogP) is 2.67. The van der Waals surface area contributed by atoms with Crippen molar-refractivity contribution in [1.29, 1.82) is 0 Å². The van der Waals surface area contributed by atoms with Crippen LogP contribution in [-0.2, 0) is 16.6 Å². The fourth-order valence-corrected chi connectivity index (χ4v) is 4.03. The second-order valence-electron chi connectivity index (χ2n) is 6.93. The van der Waals surface area contributed by atoms with E-state index in [1.807, 2.05) is 13.8 Å². The smallest absolute Gasteiger partial charge is 0.255 e. The molecule has 0 aliphatic heterocycles. The molecule has 2 aromatic carbocycles. The van der Waals surface area contributed by atoms with Gasteiger partial charge in [0, 0.05) is 31.3 Å². The van der Waals surface area contributed by atoms with Gasteiger partial charge < -0.3 is 19.5 Å². The summed E-state index contributed by atoms with van der Waals surface area (Å²) in [5.74, 6) is 1.02. The molecule has 0 saturated heterocycles. The van der Waals surface area contributed by atoms with Gasteiger partial charge in [0.05, 0.1) is 31.8 Å². The summed E-state index contributed by atoms with van der Waals surface area (Å²) in [6.45, 7) is 3.72. The Balaban J connectivity index is 2.37. The molecular formula is C21H28N2O6S. The van der Waals surface area contributed by atoms with Crippen LogP contribution in [0, 0.1) is 0 Å². The summed E-state index contributed by atoms with van der Waals surface area (Å²) in [5, 5.41) is 2.75. The number of carbonyl (C=O) groups is 1. The molecule has 0 radical (unpaired) electrons. The van der Waals surface area contributed by atoms with E-state index in [4.69, 9.17) is 14.2 Å². The van der Waals surface area contributed by atoms with Gasteiger partial charge >= 0.3 is 0 Å². The SMILES string of the molecule is COc1ccc(CN(C)S(=O)(=O)c2ccc(OC)c(C(=O)NC(C)C)c2)c(OC)c1. The van der Waals surface area contributed by atoms with Gasteiger partial charge in [-0.15, -0.1) is 0 Å². The highest BCUT2D eigenvalue weighted by molar-refractivity contribution is 7.89. The van der Waals surface area contributed by atoms with E-state index in [2.05, 4.69) is 5.32 Å². The van der Waals surface area contributed by atoms with Crippen LogP contribution in [0.1, 0.15) is 29.8 Å². The number of hydrogen-bond acceptors (Lipinski definition) is 6. The zero-order valence-corrected chi connectivity index (χ0v) is 18.9. The maximum Gasteiger partial charge on any atom is 0.255 e. The molecule has 2 rings (SSSR count). The highest BCUT2D eigenvalue weighted by Gasteiger charge is 2.25. The first-order chi connectivity index (χ1) is 14.1. The van der Waals surface area contributed by atoms with Gasteiger partial charge in [-0.25, -0.2) is 8.42 Å². The molecule has 0 atom stereocenters. The van der Waals surface area contributed by atoms with Crippen molar-refractivity contribution in [2.45, 2.75) is 31.3 Å². The van der Waals surface area contributed by atoms with E-state index in [1.165, 1.54) is 43.8 Å². The number of sulfonamides is 1. The number of ether oxygens (including phenoxy) is 3. The van der Waals surface area contributed by atoms with Crippen LogP contribution in [-0.4, -0.2) is 53.0 Å². The molecule has 30 heavy (non-hydrogen) atoms. The Labute approximate surface area is 177 Å². The minimum atomic E-state index is -3.88. The number of nitrogens with one attached hydrogen (secondary N) is 1. The maximum absolute atomic E-state index is 13.1. The van der Waals surface area contributed by atoms with E-state index in [1.54, 1.807) is 25.3 Å². The Morgan fingerprint density at radius 2 is 1.67 bits per heavy atom. The number of carbonyl (C=O) groups excluding carboxylic acids is 1. The van der Waals surface area contributed by atoms with Crippen molar-refractivity contribution in [1.82, 2.24) is 9.62 Å². The summed E-state index contributed by atoms with van der Waals surface area (Å²) in [7, 11) is 2.07. The molecule has 0 fully saturated rings. The van der Waals surface area contributed by atoms with Crippen LogP contribution in [0.15, 0.2) is 41.3 Å². The van der Waals surface area contributed by atoms with Crippen molar-refractivity contribution in [3.8, 4) is 17.2 Å². The van der Waals surface area contributed by atoms with Gasteiger partial charge in [-0.1, -0.05) is 6.07 Å². The van der Waals surface area contributed by atoms with Crippen molar-refractivity contribution in [2.24, 2.45) is 0 Å². The third kappa shape index (κ3) is 5.22. The lowest BCUT2D eigenvalue weighted by Crippen LogP contribution is -2.31.